The van der Waals surface area contributed by atoms with Gasteiger partial charge in [-0.25, -0.2) is 0 Å². The monoisotopic (exact) mass is 212 g/mol. The van der Waals surface area contributed by atoms with Gasteiger partial charge in [0.15, 0.2) is 5.78 Å². The minimum Gasteiger partial charge on any atom is -0.494 e. The molecule has 1 aromatic rings. The number of carbonyl (C=O) groups excluding carboxylic acids is 1. The molecule has 0 saturated carbocycles. The topological polar surface area (TPSA) is 26.3 Å². The molecular weight excluding hydrogens is 200 g/mol. The lowest BCUT2D eigenvalue weighted by Gasteiger charge is -2.03. The molecule has 0 N–H and O–H groups in total. The highest BCUT2D eigenvalue weighted by atomic mass is 35.5. The summed E-state index contributed by atoms with van der Waals surface area (Å²) in [5, 5.41) is 0. The molecule has 0 amide bonds. The fraction of sp³-hybridized carbons (Fsp3) is 0.364. The third kappa shape index (κ3) is 3.38. The van der Waals surface area contributed by atoms with Crippen LogP contribution in [0.2, 0.25) is 0 Å². The van der Waals surface area contributed by atoms with Crippen molar-refractivity contribution >= 4 is 17.4 Å². The normalized spacial score (nSPS) is 9.86. The van der Waals surface area contributed by atoms with Gasteiger partial charge in [-0.3, -0.25) is 4.79 Å². The highest BCUT2D eigenvalue weighted by molar-refractivity contribution is 6.27. The van der Waals surface area contributed by atoms with Crippen LogP contribution in [0.4, 0.5) is 0 Å². The number of rotatable bonds is 5. The molecule has 0 aliphatic carbocycles. The van der Waals surface area contributed by atoms with E-state index in [4.69, 9.17) is 16.3 Å². The molecule has 0 aliphatic rings. The van der Waals surface area contributed by atoms with E-state index >= 15 is 0 Å². The van der Waals surface area contributed by atoms with Gasteiger partial charge in [0.2, 0.25) is 0 Å². The van der Waals surface area contributed by atoms with Gasteiger partial charge in [0.25, 0.3) is 0 Å². The number of benzene rings is 1. The summed E-state index contributed by atoms with van der Waals surface area (Å²) in [6.07, 6.45) is 0.399. The summed E-state index contributed by atoms with van der Waals surface area (Å²) in [6, 6.07) is 7.49. The number of alkyl halides is 1. The molecule has 2 nitrogen and oxygen atoms in total. The summed E-state index contributed by atoms with van der Waals surface area (Å²) in [5.74, 6) is 0.943. The summed E-state index contributed by atoms with van der Waals surface area (Å²) in [5.41, 5.74) is 0.971. The first kappa shape index (κ1) is 11.1. The zero-order chi connectivity index (χ0) is 10.4. The van der Waals surface area contributed by atoms with Crippen LogP contribution in [-0.4, -0.2) is 18.3 Å². The minimum absolute atomic E-state index is 0.0378. The third-order valence-electron chi connectivity index (χ3n) is 1.78. The number of hydrogen-bond acceptors (Lipinski definition) is 2. The van der Waals surface area contributed by atoms with E-state index < -0.39 is 0 Å². The summed E-state index contributed by atoms with van der Waals surface area (Å²) >= 11 is 5.41. The number of ketones is 1. The van der Waals surface area contributed by atoms with Crippen molar-refractivity contribution in [2.24, 2.45) is 0 Å². The Morgan fingerprint density at radius 3 is 2.50 bits per heavy atom. The van der Waals surface area contributed by atoms with Crippen LogP contribution in [0.5, 0.6) is 5.75 Å². The molecule has 14 heavy (non-hydrogen) atoms. The molecule has 1 rings (SSSR count). The zero-order valence-corrected chi connectivity index (χ0v) is 8.88. The number of carbonyl (C=O) groups is 1. The largest absolute Gasteiger partial charge is 0.494 e. The molecule has 0 aliphatic heterocycles. The van der Waals surface area contributed by atoms with Crippen LogP contribution in [-0.2, 0) is 11.2 Å². The summed E-state index contributed by atoms with van der Waals surface area (Å²) in [7, 11) is 0. The van der Waals surface area contributed by atoms with Gasteiger partial charge in [0, 0.05) is 6.42 Å². The number of ether oxygens (including phenoxy) is 1. The fourth-order valence-electron chi connectivity index (χ4n) is 1.15. The van der Waals surface area contributed by atoms with Crippen molar-refractivity contribution < 1.29 is 9.53 Å². The second-order valence-corrected chi connectivity index (χ2v) is 3.19. The first-order valence-electron chi connectivity index (χ1n) is 4.55. The lowest BCUT2D eigenvalue weighted by atomic mass is 10.1. The van der Waals surface area contributed by atoms with Crippen LogP contribution in [0.15, 0.2) is 24.3 Å². The Morgan fingerprint density at radius 2 is 2.00 bits per heavy atom. The summed E-state index contributed by atoms with van der Waals surface area (Å²) < 4.78 is 5.28. The first-order chi connectivity index (χ1) is 6.76. The smallest absolute Gasteiger partial charge is 0.151 e. The highest BCUT2D eigenvalue weighted by Crippen LogP contribution is 2.12. The van der Waals surface area contributed by atoms with Gasteiger partial charge >= 0.3 is 0 Å². The lowest BCUT2D eigenvalue weighted by molar-refractivity contribution is -0.116. The summed E-state index contributed by atoms with van der Waals surface area (Å²) in [4.78, 5) is 11.0. The van der Waals surface area contributed by atoms with E-state index in [9.17, 15) is 4.79 Å². The van der Waals surface area contributed by atoms with Crippen molar-refractivity contribution in [1.29, 1.82) is 0 Å². The van der Waals surface area contributed by atoms with Crippen molar-refractivity contribution in [3.63, 3.8) is 0 Å². The molecule has 0 unspecified atom stereocenters. The second kappa shape index (κ2) is 5.66. The van der Waals surface area contributed by atoms with E-state index in [1.165, 1.54) is 0 Å². The molecular formula is C11H13ClO2. The predicted molar refractivity (Wildman–Crippen MR) is 57.0 cm³/mol. The van der Waals surface area contributed by atoms with Gasteiger partial charge in [0.1, 0.15) is 5.75 Å². The van der Waals surface area contributed by atoms with Crippen LogP contribution in [0.25, 0.3) is 0 Å². The molecule has 76 valence electrons. The molecule has 0 fully saturated rings. The Hall–Kier alpha value is -1.02. The maximum atomic E-state index is 11.0. The molecule has 0 aromatic heterocycles. The molecule has 3 heteroatoms. The Balaban J connectivity index is 2.59. The van der Waals surface area contributed by atoms with Gasteiger partial charge in [-0.05, 0) is 24.6 Å². The Labute approximate surface area is 88.8 Å². The zero-order valence-electron chi connectivity index (χ0n) is 8.13. The SMILES string of the molecule is CCOc1ccc(CC(=O)CCl)cc1. The molecule has 0 atom stereocenters. The van der Waals surface area contributed by atoms with Gasteiger partial charge in [-0.15, -0.1) is 11.6 Å². The van der Waals surface area contributed by atoms with E-state index in [2.05, 4.69) is 0 Å². The fourth-order valence-corrected chi connectivity index (χ4v) is 1.24. The van der Waals surface area contributed by atoms with Gasteiger partial charge in [-0.2, -0.15) is 0 Å². The predicted octanol–water partition coefficient (Wildman–Crippen LogP) is 2.44. The van der Waals surface area contributed by atoms with Crippen LogP contribution >= 0.6 is 11.6 Å². The maximum Gasteiger partial charge on any atom is 0.151 e. The Kier molecular flexibility index (Phi) is 4.47. The van der Waals surface area contributed by atoms with E-state index in [-0.39, 0.29) is 11.7 Å². The van der Waals surface area contributed by atoms with E-state index in [1.54, 1.807) is 0 Å². The molecule has 0 heterocycles. The standard InChI is InChI=1S/C11H13ClO2/c1-2-14-11-5-3-9(4-6-11)7-10(13)8-12/h3-6H,2,7-8H2,1H3. The maximum absolute atomic E-state index is 11.0. The van der Waals surface area contributed by atoms with Crippen molar-refractivity contribution in [2.45, 2.75) is 13.3 Å². The highest BCUT2D eigenvalue weighted by Gasteiger charge is 2.01. The lowest BCUT2D eigenvalue weighted by Crippen LogP contribution is -2.03. The van der Waals surface area contributed by atoms with Crippen LogP contribution in [0, 0.1) is 0 Å². The molecule has 0 radical (unpaired) electrons. The minimum atomic E-state index is 0.0378. The average Bonchev–Trinajstić information content (AvgIpc) is 2.21. The van der Waals surface area contributed by atoms with Gasteiger partial charge < -0.3 is 4.74 Å². The van der Waals surface area contributed by atoms with Crippen molar-refractivity contribution in [1.82, 2.24) is 0 Å². The summed E-state index contributed by atoms with van der Waals surface area (Å²) in [6.45, 7) is 2.59. The van der Waals surface area contributed by atoms with Crippen molar-refractivity contribution in [3.8, 4) is 5.75 Å². The van der Waals surface area contributed by atoms with Crippen LogP contribution < -0.4 is 4.74 Å². The third-order valence-corrected chi connectivity index (χ3v) is 2.08. The molecule has 0 saturated heterocycles. The number of hydrogen-bond donors (Lipinski definition) is 0. The number of halogens is 1. The average molecular weight is 213 g/mol. The second-order valence-electron chi connectivity index (χ2n) is 2.93. The Bertz CT molecular complexity index is 293. The number of Topliss-reactive ketones (excluding diaryl/α,β-unsaturated/α-hetero) is 1. The van der Waals surface area contributed by atoms with E-state index in [0.29, 0.717) is 13.0 Å². The molecule has 0 spiro atoms. The van der Waals surface area contributed by atoms with Gasteiger partial charge in [0.05, 0.1) is 12.5 Å². The van der Waals surface area contributed by atoms with Crippen molar-refractivity contribution in [2.75, 3.05) is 12.5 Å². The van der Waals surface area contributed by atoms with Gasteiger partial charge in [-0.1, -0.05) is 12.1 Å². The Morgan fingerprint density at radius 1 is 1.36 bits per heavy atom. The quantitative estimate of drug-likeness (QED) is 0.701. The van der Waals surface area contributed by atoms with Crippen LogP contribution in [0.1, 0.15) is 12.5 Å². The van der Waals surface area contributed by atoms with Crippen molar-refractivity contribution in [3.05, 3.63) is 29.8 Å². The molecule has 0 bridgehead atoms. The van der Waals surface area contributed by atoms with Crippen LogP contribution in [0.3, 0.4) is 0 Å². The van der Waals surface area contributed by atoms with E-state index in [1.807, 2.05) is 31.2 Å². The molecule has 1 aromatic carbocycles. The van der Waals surface area contributed by atoms with E-state index in [0.717, 1.165) is 11.3 Å². The first-order valence-corrected chi connectivity index (χ1v) is 5.09.